The molecule has 2 heterocycles. The number of carbonyl (C=O) groups is 1. The molecule has 1 fully saturated rings. The lowest BCUT2D eigenvalue weighted by Gasteiger charge is -2.15. The molecule has 1 saturated heterocycles. The summed E-state index contributed by atoms with van der Waals surface area (Å²) in [6, 6.07) is 1.18. The highest BCUT2D eigenvalue weighted by Gasteiger charge is 2.23. The van der Waals surface area contributed by atoms with E-state index >= 15 is 0 Å². The first-order valence-corrected chi connectivity index (χ1v) is 5.29. The average Bonchev–Trinajstić information content (AvgIpc) is 2.81. The van der Waals surface area contributed by atoms with Crippen LogP contribution in [-0.2, 0) is 0 Å². The Hall–Kier alpha value is -2.18. The van der Waals surface area contributed by atoms with Gasteiger partial charge in [0.15, 0.2) is 0 Å². The largest absolute Gasteiger partial charge is 0.383 e. The Morgan fingerprint density at radius 2 is 2.12 bits per heavy atom. The molecule has 0 aliphatic carbocycles. The maximum Gasteiger partial charge on any atom is 0.288 e. The second-order valence-electron chi connectivity index (χ2n) is 3.88. The first-order valence-electron chi connectivity index (χ1n) is 5.29. The van der Waals surface area contributed by atoms with Gasteiger partial charge in [0.05, 0.1) is 10.5 Å². The van der Waals surface area contributed by atoms with E-state index in [9.17, 15) is 14.9 Å². The van der Waals surface area contributed by atoms with Crippen molar-refractivity contribution in [2.75, 3.05) is 18.8 Å². The van der Waals surface area contributed by atoms with Crippen LogP contribution in [0.15, 0.2) is 12.3 Å². The molecule has 0 saturated carbocycles. The van der Waals surface area contributed by atoms with Gasteiger partial charge in [-0.1, -0.05) is 0 Å². The molecule has 90 valence electrons. The smallest absolute Gasteiger partial charge is 0.288 e. The molecule has 0 unspecified atom stereocenters. The van der Waals surface area contributed by atoms with E-state index in [1.54, 1.807) is 4.90 Å². The fourth-order valence-electron chi connectivity index (χ4n) is 1.83. The third kappa shape index (κ3) is 2.17. The number of rotatable bonds is 2. The number of aromatic nitrogens is 1. The Labute approximate surface area is 97.4 Å². The lowest BCUT2D eigenvalue weighted by Crippen LogP contribution is -2.28. The summed E-state index contributed by atoms with van der Waals surface area (Å²) in [6.07, 6.45) is 2.96. The molecule has 0 spiro atoms. The van der Waals surface area contributed by atoms with Crippen molar-refractivity contribution in [2.24, 2.45) is 0 Å². The number of amides is 1. The van der Waals surface area contributed by atoms with Gasteiger partial charge >= 0.3 is 0 Å². The van der Waals surface area contributed by atoms with E-state index in [1.807, 2.05) is 0 Å². The number of nitrogen functional groups attached to an aromatic ring is 1. The van der Waals surface area contributed by atoms with Crippen LogP contribution in [0, 0.1) is 10.1 Å². The molecule has 2 rings (SSSR count). The first-order chi connectivity index (χ1) is 8.09. The van der Waals surface area contributed by atoms with Crippen LogP contribution in [0.5, 0.6) is 0 Å². The van der Waals surface area contributed by atoms with Crippen LogP contribution < -0.4 is 5.73 Å². The zero-order chi connectivity index (χ0) is 12.4. The summed E-state index contributed by atoms with van der Waals surface area (Å²) in [5.74, 6) is -0.247. The van der Waals surface area contributed by atoms with Crippen molar-refractivity contribution in [1.29, 1.82) is 0 Å². The van der Waals surface area contributed by atoms with Gasteiger partial charge < -0.3 is 10.6 Å². The number of carbonyl (C=O) groups excluding carboxylic acids is 1. The molecule has 1 aromatic heterocycles. The van der Waals surface area contributed by atoms with E-state index in [2.05, 4.69) is 4.98 Å². The minimum atomic E-state index is -0.590. The van der Waals surface area contributed by atoms with Gasteiger partial charge in [-0.2, -0.15) is 0 Å². The molecule has 1 aromatic rings. The Bertz CT molecular complexity index is 469. The topological polar surface area (TPSA) is 102 Å². The van der Waals surface area contributed by atoms with E-state index < -0.39 is 4.92 Å². The third-order valence-corrected chi connectivity index (χ3v) is 2.74. The molecule has 17 heavy (non-hydrogen) atoms. The molecule has 0 atom stereocenters. The van der Waals surface area contributed by atoms with Gasteiger partial charge in [0.25, 0.3) is 11.6 Å². The second kappa shape index (κ2) is 4.36. The van der Waals surface area contributed by atoms with Crippen LogP contribution >= 0.6 is 0 Å². The Balaban J connectivity index is 2.32. The van der Waals surface area contributed by atoms with E-state index in [0.29, 0.717) is 13.1 Å². The van der Waals surface area contributed by atoms with Gasteiger partial charge in [-0.15, -0.1) is 0 Å². The maximum atomic E-state index is 12.0. The zero-order valence-electron chi connectivity index (χ0n) is 9.13. The highest BCUT2D eigenvalue weighted by molar-refractivity contribution is 5.99. The van der Waals surface area contributed by atoms with Crippen molar-refractivity contribution in [3.63, 3.8) is 0 Å². The quantitative estimate of drug-likeness (QED) is 0.604. The first kappa shape index (κ1) is 11.3. The molecule has 2 N–H and O–H groups in total. The monoisotopic (exact) mass is 236 g/mol. The van der Waals surface area contributed by atoms with Crippen molar-refractivity contribution >= 4 is 17.4 Å². The summed E-state index contributed by atoms with van der Waals surface area (Å²) in [5.41, 5.74) is 5.47. The SMILES string of the molecule is Nc1ncc([N+](=O)[O-])cc1C(=O)N1CCCC1. The molecule has 0 aromatic carbocycles. The lowest BCUT2D eigenvalue weighted by atomic mass is 10.2. The number of pyridine rings is 1. The van der Waals surface area contributed by atoms with Crippen molar-refractivity contribution < 1.29 is 9.72 Å². The Morgan fingerprint density at radius 1 is 1.47 bits per heavy atom. The average molecular weight is 236 g/mol. The third-order valence-electron chi connectivity index (χ3n) is 2.74. The van der Waals surface area contributed by atoms with Gasteiger partial charge in [0.2, 0.25) is 0 Å². The lowest BCUT2D eigenvalue weighted by molar-refractivity contribution is -0.385. The molecular formula is C10H12N4O3. The van der Waals surface area contributed by atoms with Crippen LogP contribution in [0.1, 0.15) is 23.2 Å². The van der Waals surface area contributed by atoms with Crippen LogP contribution in [-0.4, -0.2) is 33.8 Å². The molecule has 0 radical (unpaired) electrons. The Morgan fingerprint density at radius 3 is 2.71 bits per heavy atom. The molecule has 1 aliphatic rings. The van der Waals surface area contributed by atoms with Crippen molar-refractivity contribution in [3.8, 4) is 0 Å². The minimum Gasteiger partial charge on any atom is -0.383 e. The van der Waals surface area contributed by atoms with Crippen LogP contribution in [0.3, 0.4) is 0 Å². The summed E-state index contributed by atoms with van der Waals surface area (Å²) in [7, 11) is 0. The Kier molecular flexibility index (Phi) is 2.90. The molecule has 7 nitrogen and oxygen atoms in total. The van der Waals surface area contributed by atoms with E-state index in [0.717, 1.165) is 19.0 Å². The molecule has 0 bridgehead atoms. The molecular weight excluding hydrogens is 224 g/mol. The predicted octanol–water partition coefficient (Wildman–Crippen LogP) is 0.808. The standard InChI is InChI=1S/C10H12N4O3/c11-9-8(5-7(6-12-9)14(16)17)10(15)13-3-1-2-4-13/h5-6H,1-4H2,(H2,11,12). The maximum absolute atomic E-state index is 12.0. The molecule has 7 heteroatoms. The summed E-state index contributed by atoms with van der Waals surface area (Å²) < 4.78 is 0. The van der Waals surface area contributed by atoms with Gasteiger partial charge in [-0.05, 0) is 12.8 Å². The normalized spacial score (nSPS) is 14.9. The van der Waals surface area contributed by atoms with Gasteiger partial charge in [-0.25, -0.2) is 4.98 Å². The number of nitro groups is 1. The summed E-state index contributed by atoms with van der Waals surface area (Å²) in [6.45, 7) is 1.34. The van der Waals surface area contributed by atoms with Gasteiger partial charge in [0, 0.05) is 19.2 Å². The van der Waals surface area contributed by atoms with Crippen LogP contribution in [0.25, 0.3) is 0 Å². The predicted molar refractivity (Wildman–Crippen MR) is 60.4 cm³/mol. The molecule has 1 amide bonds. The van der Waals surface area contributed by atoms with Crippen molar-refractivity contribution in [1.82, 2.24) is 9.88 Å². The second-order valence-corrected chi connectivity index (χ2v) is 3.88. The number of likely N-dealkylation sites (tertiary alicyclic amines) is 1. The zero-order valence-corrected chi connectivity index (χ0v) is 9.13. The minimum absolute atomic E-state index is 0.0347. The summed E-state index contributed by atoms with van der Waals surface area (Å²) >= 11 is 0. The fourth-order valence-corrected chi connectivity index (χ4v) is 1.83. The highest BCUT2D eigenvalue weighted by Crippen LogP contribution is 2.20. The number of nitrogens with two attached hydrogens (primary N) is 1. The molecule has 1 aliphatic heterocycles. The summed E-state index contributed by atoms with van der Waals surface area (Å²) in [5, 5.41) is 10.6. The fraction of sp³-hybridized carbons (Fsp3) is 0.400. The van der Waals surface area contributed by atoms with Crippen molar-refractivity contribution in [3.05, 3.63) is 27.9 Å². The van der Waals surface area contributed by atoms with E-state index in [-0.39, 0.29) is 23.0 Å². The van der Waals surface area contributed by atoms with Gasteiger partial charge in [0.1, 0.15) is 12.0 Å². The number of nitrogens with zero attached hydrogens (tertiary/aromatic N) is 3. The van der Waals surface area contributed by atoms with Crippen LogP contribution in [0.2, 0.25) is 0 Å². The number of anilines is 1. The van der Waals surface area contributed by atoms with E-state index in [1.165, 1.54) is 6.07 Å². The highest BCUT2D eigenvalue weighted by atomic mass is 16.6. The number of hydrogen-bond acceptors (Lipinski definition) is 5. The van der Waals surface area contributed by atoms with Crippen molar-refractivity contribution in [2.45, 2.75) is 12.8 Å². The number of hydrogen-bond donors (Lipinski definition) is 1. The van der Waals surface area contributed by atoms with Crippen LogP contribution in [0.4, 0.5) is 11.5 Å². The summed E-state index contributed by atoms with van der Waals surface area (Å²) in [4.78, 5) is 27.4. The van der Waals surface area contributed by atoms with Gasteiger partial charge in [-0.3, -0.25) is 14.9 Å². The van der Waals surface area contributed by atoms with E-state index in [4.69, 9.17) is 5.73 Å².